The second-order valence-corrected chi connectivity index (χ2v) is 8.41. The summed E-state index contributed by atoms with van der Waals surface area (Å²) in [5.74, 6) is 0.418. The third kappa shape index (κ3) is 4.19. The van der Waals surface area contributed by atoms with Crippen molar-refractivity contribution in [3.8, 4) is 6.07 Å². The van der Waals surface area contributed by atoms with Crippen molar-refractivity contribution in [1.82, 2.24) is 15.2 Å². The monoisotopic (exact) mass is 427 g/mol. The van der Waals surface area contributed by atoms with Gasteiger partial charge < -0.3 is 15.1 Å². The molecule has 2 amide bonds. The number of benzene rings is 1. The van der Waals surface area contributed by atoms with Crippen molar-refractivity contribution < 1.29 is 14.0 Å². The van der Waals surface area contributed by atoms with Crippen LogP contribution in [0.2, 0.25) is 0 Å². The van der Waals surface area contributed by atoms with Crippen molar-refractivity contribution in [2.45, 2.75) is 25.1 Å². The minimum atomic E-state index is -0.753. The van der Waals surface area contributed by atoms with Crippen LogP contribution in [0.1, 0.15) is 23.2 Å². The first-order valence-electron chi connectivity index (χ1n) is 9.89. The summed E-state index contributed by atoms with van der Waals surface area (Å²) in [4.78, 5) is 33.1. The van der Waals surface area contributed by atoms with E-state index in [1.807, 2.05) is 18.2 Å². The number of piperidine rings is 1. The zero-order valence-corrected chi connectivity index (χ0v) is 17.2. The molecule has 0 bridgehead atoms. The molecule has 1 N–H and O–H groups in total. The molecule has 1 aromatic heterocycles. The summed E-state index contributed by atoms with van der Waals surface area (Å²) >= 11 is 1.52. The first-order chi connectivity index (χ1) is 14.6. The van der Waals surface area contributed by atoms with Crippen LogP contribution in [-0.2, 0) is 4.79 Å². The number of nitriles is 1. The summed E-state index contributed by atoms with van der Waals surface area (Å²) < 4.78 is 13.5. The van der Waals surface area contributed by atoms with Crippen LogP contribution in [0.15, 0.2) is 30.5 Å². The number of nitrogens with one attached hydrogen (secondary N) is 1. The van der Waals surface area contributed by atoms with Crippen LogP contribution >= 0.6 is 11.8 Å². The number of hydrogen-bond acceptors (Lipinski definition) is 6. The fraction of sp³-hybridized carbons (Fsp3) is 0.429. The van der Waals surface area contributed by atoms with Crippen LogP contribution in [0, 0.1) is 11.3 Å². The quantitative estimate of drug-likeness (QED) is 0.806. The Kier molecular flexibility index (Phi) is 6.04. The molecule has 2 aliphatic heterocycles. The summed E-state index contributed by atoms with van der Waals surface area (Å²) in [5, 5.41) is 12.5. The van der Waals surface area contributed by atoms with Gasteiger partial charge in [0.05, 0.1) is 29.6 Å². The SMILES string of the molecule is N#C[C@@H]1CSCN1C(=O)CNC(=O)c1ccnc2ccc(N3CCC(F)CC3)cc12. The Balaban J connectivity index is 1.50. The van der Waals surface area contributed by atoms with Gasteiger partial charge in [-0.1, -0.05) is 0 Å². The summed E-state index contributed by atoms with van der Waals surface area (Å²) in [6.07, 6.45) is 1.81. The standard InChI is InChI=1S/C21H22FN5O2S/c22-14-4-7-26(8-5-14)15-1-2-19-18(9-15)17(3-6-24-19)21(29)25-11-20(28)27-13-30-12-16(27)10-23/h1-3,6,9,14,16H,4-5,7-8,11-13H2,(H,25,29)/t16-/m1/s1. The lowest BCUT2D eigenvalue weighted by atomic mass is 10.0. The van der Waals surface area contributed by atoms with Crippen molar-refractivity contribution in [3.05, 3.63) is 36.0 Å². The highest BCUT2D eigenvalue weighted by molar-refractivity contribution is 7.99. The number of nitrogens with zero attached hydrogens (tertiary/aromatic N) is 4. The highest BCUT2D eigenvalue weighted by Crippen LogP contribution is 2.27. The Morgan fingerprint density at radius 2 is 2.10 bits per heavy atom. The average molecular weight is 428 g/mol. The van der Waals surface area contributed by atoms with Gasteiger partial charge in [-0.25, -0.2) is 4.39 Å². The second kappa shape index (κ2) is 8.88. The van der Waals surface area contributed by atoms with Gasteiger partial charge in [0.1, 0.15) is 12.2 Å². The molecule has 0 aliphatic carbocycles. The van der Waals surface area contributed by atoms with Gasteiger partial charge in [0.15, 0.2) is 0 Å². The normalized spacial score (nSPS) is 19.7. The van der Waals surface area contributed by atoms with Crippen LogP contribution < -0.4 is 10.2 Å². The van der Waals surface area contributed by atoms with E-state index in [9.17, 15) is 14.0 Å². The van der Waals surface area contributed by atoms with E-state index in [2.05, 4.69) is 21.3 Å². The van der Waals surface area contributed by atoms with Gasteiger partial charge in [0.2, 0.25) is 5.91 Å². The first kappa shape index (κ1) is 20.4. The molecule has 4 rings (SSSR count). The zero-order chi connectivity index (χ0) is 21.1. The van der Waals surface area contributed by atoms with Crippen LogP contribution in [-0.4, -0.2) is 65.2 Å². The van der Waals surface area contributed by atoms with Gasteiger partial charge >= 0.3 is 0 Å². The molecule has 0 unspecified atom stereocenters. The molecule has 2 aliphatic rings. The van der Waals surface area contributed by atoms with Gasteiger partial charge in [-0.3, -0.25) is 14.6 Å². The molecule has 0 spiro atoms. The lowest BCUT2D eigenvalue weighted by Crippen LogP contribution is -2.42. The molecule has 2 fully saturated rings. The fourth-order valence-electron chi connectivity index (χ4n) is 3.78. The molecule has 1 aromatic carbocycles. The molecular formula is C21H22FN5O2S. The number of pyridine rings is 1. The second-order valence-electron chi connectivity index (χ2n) is 7.41. The van der Waals surface area contributed by atoms with Gasteiger partial charge in [-0.15, -0.1) is 11.8 Å². The lowest BCUT2D eigenvalue weighted by Gasteiger charge is -2.30. The number of fused-ring (bicyclic) bond motifs is 1. The highest BCUT2D eigenvalue weighted by Gasteiger charge is 2.29. The van der Waals surface area contributed by atoms with Gasteiger partial charge in [-0.2, -0.15) is 5.26 Å². The maximum atomic E-state index is 13.5. The van der Waals surface area contributed by atoms with E-state index in [4.69, 9.17) is 5.26 Å². The largest absolute Gasteiger partial charge is 0.371 e. The van der Waals surface area contributed by atoms with Crippen LogP contribution in [0.3, 0.4) is 0 Å². The summed E-state index contributed by atoms with van der Waals surface area (Å²) in [7, 11) is 0. The molecule has 7 nitrogen and oxygen atoms in total. The number of amides is 2. The number of anilines is 1. The van der Waals surface area contributed by atoms with Crippen LogP contribution in [0.5, 0.6) is 0 Å². The Morgan fingerprint density at radius 1 is 1.30 bits per heavy atom. The van der Waals surface area contributed by atoms with Gasteiger partial charge in [-0.05, 0) is 37.1 Å². The Bertz CT molecular complexity index is 1000. The Labute approximate surface area is 178 Å². The number of thioether (sulfide) groups is 1. The number of hydrogen-bond donors (Lipinski definition) is 1. The van der Waals surface area contributed by atoms with E-state index in [1.165, 1.54) is 16.7 Å². The predicted octanol–water partition coefficient (Wildman–Crippen LogP) is 2.33. The highest BCUT2D eigenvalue weighted by atomic mass is 32.2. The van der Waals surface area contributed by atoms with Crippen LogP contribution in [0.4, 0.5) is 10.1 Å². The maximum absolute atomic E-state index is 13.5. The molecule has 0 saturated carbocycles. The minimum Gasteiger partial charge on any atom is -0.371 e. The van der Waals surface area contributed by atoms with Gasteiger partial charge in [0, 0.05) is 36.1 Å². The van der Waals surface area contributed by atoms with Gasteiger partial charge in [0.25, 0.3) is 5.91 Å². The number of carbonyl (C=O) groups excluding carboxylic acids is 2. The van der Waals surface area contributed by atoms with Crippen molar-refractivity contribution in [1.29, 1.82) is 5.26 Å². The first-order valence-corrected chi connectivity index (χ1v) is 11.0. The average Bonchev–Trinajstić information content (AvgIpc) is 3.26. The number of rotatable bonds is 4. The topological polar surface area (TPSA) is 89.3 Å². The van der Waals surface area contributed by atoms with E-state index in [-0.39, 0.29) is 18.4 Å². The van der Waals surface area contributed by atoms with E-state index < -0.39 is 12.2 Å². The number of carbonyl (C=O) groups is 2. The lowest BCUT2D eigenvalue weighted by molar-refractivity contribution is -0.129. The molecule has 1 atom stereocenters. The van der Waals surface area contributed by atoms with Crippen molar-refractivity contribution >= 4 is 40.2 Å². The molecule has 0 radical (unpaired) electrons. The van der Waals surface area contributed by atoms with Crippen molar-refractivity contribution in [2.75, 3.05) is 36.2 Å². The third-order valence-corrected chi connectivity index (χ3v) is 6.52. The molecule has 3 heterocycles. The number of halogens is 1. The molecule has 2 aromatic rings. The van der Waals surface area contributed by atoms with E-state index >= 15 is 0 Å². The van der Waals surface area contributed by atoms with Crippen LogP contribution in [0.25, 0.3) is 10.9 Å². The smallest absolute Gasteiger partial charge is 0.252 e. The molecular weight excluding hydrogens is 405 g/mol. The van der Waals surface area contributed by atoms with E-state index in [1.54, 1.807) is 12.3 Å². The summed E-state index contributed by atoms with van der Waals surface area (Å²) in [6.45, 7) is 1.11. The Hall–Kier alpha value is -2.86. The molecule has 156 valence electrons. The number of aromatic nitrogens is 1. The number of alkyl halides is 1. The minimum absolute atomic E-state index is 0.162. The van der Waals surface area contributed by atoms with E-state index in [0.717, 1.165) is 5.69 Å². The summed E-state index contributed by atoms with van der Waals surface area (Å²) in [5.41, 5.74) is 2.04. The van der Waals surface area contributed by atoms with Crippen molar-refractivity contribution in [2.24, 2.45) is 0 Å². The van der Waals surface area contributed by atoms with Crippen molar-refractivity contribution in [3.63, 3.8) is 0 Å². The zero-order valence-electron chi connectivity index (χ0n) is 16.4. The third-order valence-electron chi connectivity index (χ3n) is 5.51. The summed E-state index contributed by atoms with van der Waals surface area (Å²) in [6, 6.07) is 8.99. The Morgan fingerprint density at radius 3 is 2.87 bits per heavy atom. The molecule has 2 saturated heterocycles. The fourth-order valence-corrected chi connectivity index (χ4v) is 4.89. The molecule has 30 heavy (non-hydrogen) atoms. The van der Waals surface area contributed by atoms with E-state index in [0.29, 0.717) is 54.0 Å². The maximum Gasteiger partial charge on any atom is 0.252 e. The molecule has 9 heteroatoms. The predicted molar refractivity (Wildman–Crippen MR) is 114 cm³/mol.